The van der Waals surface area contributed by atoms with Crippen LogP contribution in [0.4, 0.5) is 0 Å². The lowest BCUT2D eigenvalue weighted by Gasteiger charge is -2.26. The van der Waals surface area contributed by atoms with Gasteiger partial charge < -0.3 is 10.2 Å². The highest BCUT2D eigenvalue weighted by molar-refractivity contribution is 4.77. The van der Waals surface area contributed by atoms with E-state index in [0.29, 0.717) is 0 Å². The van der Waals surface area contributed by atoms with Crippen molar-refractivity contribution in [2.45, 2.75) is 25.0 Å². The Morgan fingerprint density at radius 1 is 1.00 bits per heavy atom. The number of aliphatic hydroxyl groups excluding tert-OH is 2. The lowest BCUT2D eigenvalue weighted by molar-refractivity contribution is -0.0519. The van der Waals surface area contributed by atoms with E-state index in [2.05, 4.69) is 0 Å². The fourth-order valence-electron chi connectivity index (χ4n) is 0.465. The lowest BCUT2D eigenvalue weighted by atomic mass is 9.93. The summed E-state index contributed by atoms with van der Waals surface area (Å²) < 4.78 is 0. The SMILES string of the molecule is O[C@@H]1CC[C@H]1O. The third-order valence-corrected chi connectivity index (χ3v) is 1.20. The van der Waals surface area contributed by atoms with Crippen LogP contribution in [0.3, 0.4) is 0 Å². The van der Waals surface area contributed by atoms with E-state index in [1.54, 1.807) is 0 Å². The van der Waals surface area contributed by atoms with Crippen LogP contribution in [-0.2, 0) is 0 Å². The molecule has 0 unspecified atom stereocenters. The van der Waals surface area contributed by atoms with Crippen LogP contribution < -0.4 is 0 Å². The summed E-state index contributed by atoms with van der Waals surface area (Å²) in [5.41, 5.74) is 0. The zero-order valence-corrected chi connectivity index (χ0v) is 3.46. The minimum absolute atomic E-state index is 0.412. The standard InChI is InChI=1S/C4H8O2/c5-3-1-2-4(3)6/h3-6H,1-2H2/t3-,4-/m1/s1. The highest BCUT2D eigenvalue weighted by Gasteiger charge is 2.25. The minimum atomic E-state index is -0.412. The smallest absolute Gasteiger partial charge is 0.0800 e. The Bertz CT molecular complexity index is 45.5. The molecule has 0 aromatic heterocycles. The summed E-state index contributed by atoms with van der Waals surface area (Å²) in [4.78, 5) is 0. The summed E-state index contributed by atoms with van der Waals surface area (Å²) in [6, 6.07) is 0. The first kappa shape index (κ1) is 4.09. The van der Waals surface area contributed by atoms with Gasteiger partial charge in [0.05, 0.1) is 12.2 Å². The molecule has 2 nitrogen and oxygen atoms in total. The van der Waals surface area contributed by atoms with E-state index in [1.807, 2.05) is 0 Å². The number of hydrogen-bond acceptors (Lipinski definition) is 2. The lowest BCUT2D eigenvalue weighted by Crippen LogP contribution is -2.35. The maximum absolute atomic E-state index is 8.47. The number of aliphatic hydroxyl groups is 2. The van der Waals surface area contributed by atoms with Crippen LogP contribution in [0.15, 0.2) is 0 Å². The third kappa shape index (κ3) is 0.420. The second-order valence-electron chi connectivity index (χ2n) is 1.71. The monoisotopic (exact) mass is 88.1 g/mol. The Morgan fingerprint density at radius 2 is 1.33 bits per heavy atom. The molecule has 1 rings (SSSR count). The molecular formula is C4H8O2. The van der Waals surface area contributed by atoms with Gasteiger partial charge in [-0.3, -0.25) is 0 Å². The van der Waals surface area contributed by atoms with Gasteiger partial charge >= 0.3 is 0 Å². The van der Waals surface area contributed by atoms with E-state index >= 15 is 0 Å². The van der Waals surface area contributed by atoms with Crippen molar-refractivity contribution in [2.24, 2.45) is 0 Å². The van der Waals surface area contributed by atoms with Crippen molar-refractivity contribution < 1.29 is 10.2 Å². The molecule has 0 bridgehead atoms. The molecule has 1 saturated carbocycles. The van der Waals surface area contributed by atoms with E-state index in [1.165, 1.54) is 0 Å². The van der Waals surface area contributed by atoms with Crippen molar-refractivity contribution in [3.05, 3.63) is 0 Å². The molecule has 2 atom stereocenters. The summed E-state index contributed by atoms with van der Waals surface area (Å²) in [6.45, 7) is 0. The van der Waals surface area contributed by atoms with Crippen molar-refractivity contribution in [2.75, 3.05) is 0 Å². The molecule has 0 radical (unpaired) electrons. The summed E-state index contributed by atoms with van der Waals surface area (Å²) in [7, 11) is 0. The maximum atomic E-state index is 8.47. The van der Waals surface area contributed by atoms with E-state index in [0.717, 1.165) is 12.8 Å². The summed E-state index contributed by atoms with van der Waals surface area (Å²) in [5.74, 6) is 0. The first-order valence-corrected chi connectivity index (χ1v) is 2.17. The van der Waals surface area contributed by atoms with Crippen LogP contribution in [0.25, 0.3) is 0 Å². The molecule has 36 valence electrons. The van der Waals surface area contributed by atoms with Crippen molar-refractivity contribution >= 4 is 0 Å². The van der Waals surface area contributed by atoms with Gasteiger partial charge in [0.2, 0.25) is 0 Å². The van der Waals surface area contributed by atoms with Crippen molar-refractivity contribution in [3.63, 3.8) is 0 Å². The minimum Gasteiger partial charge on any atom is -0.390 e. The molecule has 6 heavy (non-hydrogen) atoms. The Kier molecular flexibility index (Phi) is 0.821. The topological polar surface area (TPSA) is 40.5 Å². The highest BCUT2D eigenvalue weighted by atomic mass is 16.3. The van der Waals surface area contributed by atoms with Gasteiger partial charge in [-0.15, -0.1) is 0 Å². The molecule has 1 aliphatic carbocycles. The summed E-state index contributed by atoms with van der Waals surface area (Å²) in [6.07, 6.45) is 0.734. The van der Waals surface area contributed by atoms with Crippen LogP contribution in [0, 0.1) is 0 Å². The van der Waals surface area contributed by atoms with Gasteiger partial charge in [-0.05, 0) is 12.8 Å². The molecule has 0 aromatic rings. The molecular weight excluding hydrogens is 80.0 g/mol. The van der Waals surface area contributed by atoms with Gasteiger partial charge in [-0.2, -0.15) is 0 Å². The molecule has 2 N–H and O–H groups in total. The van der Waals surface area contributed by atoms with Gasteiger partial charge in [0.1, 0.15) is 0 Å². The van der Waals surface area contributed by atoms with Gasteiger partial charge in [0, 0.05) is 0 Å². The molecule has 1 fully saturated rings. The zero-order valence-electron chi connectivity index (χ0n) is 3.46. The molecule has 0 spiro atoms. The van der Waals surface area contributed by atoms with Crippen LogP contribution in [-0.4, -0.2) is 22.4 Å². The van der Waals surface area contributed by atoms with E-state index in [4.69, 9.17) is 10.2 Å². The zero-order chi connectivity index (χ0) is 4.57. The molecule has 0 amide bonds. The normalized spacial score (nSPS) is 45.0. The molecule has 0 heterocycles. The quantitative estimate of drug-likeness (QED) is 0.419. The van der Waals surface area contributed by atoms with E-state index < -0.39 is 12.2 Å². The second kappa shape index (κ2) is 1.21. The van der Waals surface area contributed by atoms with Crippen LogP contribution in [0.5, 0.6) is 0 Å². The Hall–Kier alpha value is -0.0800. The summed E-state index contributed by atoms with van der Waals surface area (Å²) >= 11 is 0. The molecule has 2 heteroatoms. The van der Waals surface area contributed by atoms with Crippen LogP contribution >= 0.6 is 0 Å². The van der Waals surface area contributed by atoms with Crippen LogP contribution in [0.1, 0.15) is 12.8 Å². The molecule has 1 aliphatic rings. The molecule has 0 aliphatic heterocycles. The second-order valence-corrected chi connectivity index (χ2v) is 1.71. The first-order chi connectivity index (χ1) is 2.80. The molecule has 0 saturated heterocycles. The average molecular weight is 88.1 g/mol. The van der Waals surface area contributed by atoms with E-state index in [-0.39, 0.29) is 0 Å². The first-order valence-electron chi connectivity index (χ1n) is 2.17. The summed E-state index contributed by atoms with van der Waals surface area (Å²) in [5, 5.41) is 16.9. The van der Waals surface area contributed by atoms with Crippen LogP contribution in [0.2, 0.25) is 0 Å². The largest absolute Gasteiger partial charge is 0.390 e. The number of hydrogen-bond donors (Lipinski definition) is 2. The third-order valence-electron chi connectivity index (χ3n) is 1.20. The predicted octanol–water partition coefficient (Wildman–Crippen LogP) is -0.498. The van der Waals surface area contributed by atoms with Gasteiger partial charge in [0.25, 0.3) is 0 Å². The Balaban J connectivity index is 2.20. The van der Waals surface area contributed by atoms with Gasteiger partial charge in [0.15, 0.2) is 0 Å². The highest BCUT2D eigenvalue weighted by Crippen LogP contribution is 2.18. The van der Waals surface area contributed by atoms with Gasteiger partial charge in [-0.25, -0.2) is 0 Å². The maximum Gasteiger partial charge on any atom is 0.0800 e. The molecule has 0 aromatic carbocycles. The Morgan fingerprint density at radius 3 is 1.33 bits per heavy atom. The predicted molar refractivity (Wildman–Crippen MR) is 21.2 cm³/mol. The van der Waals surface area contributed by atoms with Crippen molar-refractivity contribution in [3.8, 4) is 0 Å². The number of rotatable bonds is 0. The fourth-order valence-corrected chi connectivity index (χ4v) is 0.465. The van der Waals surface area contributed by atoms with Crippen molar-refractivity contribution in [1.29, 1.82) is 0 Å². The average Bonchev–Trinajstić information content (AvgIpc) is 1.61. The van der Waals surface area contributed by atoms with Gasteiger partial charge in [-0.1, -0.05) is 0 Å². The van der Waals surface area contributed by atoms with E-state index in [9.17, 15) is 0 Å². The fraction of sp³-hybridized carbons (Fsp3) is 1.00. The Labute approximate surface area is 36.4 Å². The van der Waals surface area contributed by atoms with Crippen molar-refractivity contribution in [1.82, 2.24) is 0 Å².